The molecule has 0 aliphatic carbocycles. The molecule has 0 bridgehead atoms. The van der Waals surface area contributed by atoms with Crippen molar-refractivity contribution in [2.24, 2.45) is 0 Å². The predicted octanol–water partition coefficient (Wildman–Crippen LogP) is 3.71. The third-order valence-electron chi connectivity index (χ3n) is 4.09. The van der Waals surface area contributed by atoms with Crippen molar-refractivity contribution in [3.8, 4) is 11.3 Å². The third-order valence-corrected chi connectivity index (χ3v) is 5.77. The Bertz CT molecular complexity index is 975. The third kappa shape index (κ3) is 4.05. The summed E-state index contributed by atoms with van der Waals surface area (Å²) in [7, 11) is -3.68. The minimum Gasteiger partial charge on any atom is -0.469 e. The van der Waals surface area contributed by atoms with Gasteiger partial charge in [-0.3, -0.25) is 0 Å². The van der Waals surface area contributed by atoms with E-state index in [4.69, 9.17) is 8.94 Å². The molecule has 138 valence electrons. The Morgan fingerprint density at radius 3 is 2.65 bits per heavy atom. The average Bonchev–Trinajstić information content (AvgIpc) is 3.25. The normalized spacial score (nSPS) is 13.0. The zero-order valence-corrected chi connectivity index (χ0v) is 15.8. The van der Waals surface area contributed by atoms with Crippen molar-refractivity contribution in [2.45, 2.75) is 44.6 Å². The number of hydrogen-bond acceptors (Lipinski definition) is 5. The van der Waals surface area contributed by atoms with E-state index in [0.29, 0.717) is 24.2 Å². The molecule has 2 aromatic heterocycles. The van der Waals surface area contributed by atoms with E-state index < -0.39 is 10.0 Å². The Labute approximate surface area is 153 Å². The van der Waals surface area contributed by atoms with Crippen molar-refractivity contribution in [3.63, 3.8) is 0 Å². The molecule has 0 aliphatic rings. The lowest BCUT2D eigenvalue weighted by molar-refractivity contribution is 0.427. The number of furan rings is 1. The van der Waals surface area contributed by atoms with E-state index in [1.165, 1.54) is 0 Å². The van der Waals surface area contributed by atoms with Crippen LogP contribution in [0.15, 0.2) is 56.5 Å². The molecule has 1 aromatic carbocycles. The summed E-state index contributed by atoms with van der Waals surface area (Å²) >= 11 is 0. The fraction of sp³-hybridized carbons (Fsp3) is 0.316. The van der Waals surface area contributed by atoms with Gasteiger partial charge >= 0.3 is 0 Å². The van der Waals surface area contributed by atoms with Gasteiger partial charge in [0.25, 0.3) is 0 Å². The van der Waals surface area contributed by atoms with Gasteiger partial charge in [-0.1, -0.05) is 24.2 Å². The minimum absolute atomic E-state index is 0.262. The number of sulfonamides is 1. The molecule has 0 saturated carbocycles. The Hall–Kier alpha value is -2.38. The highest BCUT2D eigenvalue weighted by atomic mass is 32.2. The van der Waals surface area contributed by atoms with Gasteiger partial charge in [-0.05, 0) is 44.0 Å². The lowest BCUT2D eigenvalue weighted by Crippen LogP contribution is -2.34. The van der Waals surface area contributed by atoms with E-state index in [-0.39, 0.29) is 10.9 Å². The zero-order valence-electron chi connectivity index (χ0n) is 15.0. The minimum atomic E-state index is -3.68. The summed E-state index contributed by atoms with van der Waals surface area (Å²) in [5, 5.41) is 3.87. The van der Waals surface area contributed by atoms with Gasteiger partial charge in [-0.25, -0.2) is 13.1 Å². The van der Waals surface area contributed by atoms with Crippen molar-refractivity contribution >= 4 is 10.0 Å². The van der Waals surface area contributed by atoms with E-state index >= 15 is 0 Å². The van der Waals surface area contributed by atoms with Crippen LogP contribution in [0.3, 0.4) is 0 Å². The molecule has 2 heterocycles. The molecule has 7 heteroatoms. The smallest absolute Gasteiger partial charge is 0.241 e. The number of rotatable bonds is 7. The highest BCUT2D eigenvalue weighted by Gasteiger charge is 2.22. The second-order valence-electron chi connectivity index (χ2n) is 6.31. The molecule has 3 aromatic rings. The van der Waals surface area contributed by atoms with Gasteiger partial charge in [0.1, 0.15) is 5.76 Å². The first-order valence-corrected chi connectivity index (χ1v) is 9.98. The molecule has 0 radical (unpaired) electrons. The van der Waals surface area contributed by atoms with Gasteiger partial charge < -0.3 is 8.94 Å². The molecule has 0 fully saturated rings. The van der Waals surface area contributed by atoms with Gasteiger partial charge in [-0.15, -0.1) is 0 Å². The first-order valence-electron chi connectivity index (χ1n) is 8.50. The number of benzene rings is 1. The molecular weight excluding hydrogens is 352 g/mol. The molecule has 0 unspecified atom stereocenters. The Morgan fingerprint density at radius 2 is 2.04 bits per heavy atom. The maximum Gasteiger partial charge on any atom is 0.241 e. The number of aromatic nitrogens is 1. The molecule has 0 spiro atoms. The largest absolute Gasteiger partial charge is 0.469 e. The lowest BCUT2D eigenvalue weighted by atomic mass is 10.1. The number of hydrogen-bond donors (Lipinski definition) is 1. The van der Waals surface area contributed by atoms with Crippen LogP contribution in [-0.4, -0.2) is 19.6 Å². The number of aryl methyl sites for hydroxylation is 2. The summed E-state index contributed by atoms with van der Waals surface area (Å²) in [6.07, 6.45) is 2.67. The summed E-state index contributed by atoms with van der Waals surface area (Å²) in [5.41, 5.74) is 2.18. The van der Waals surface area contributed by atoms with Gasteiger partial charge in [0.05, 0.1) is 16.9 Å². The molecule has 3 rings (SSSR count). The van der Waals surface area contributed by atoms with Crippen molar-refractivity contribution in [1.82, 2.24) is 9.88 Å². The van der Waals surface area contributed by atoms with E-state index in [0.717, 1.165) is 17.0 Å². The van der Waals surface area contributed by atoms with Gasteiger partial charge in [0.2, 0.25) is 10.0 Å². The quantitative estimate of drug-likeness (QED) is 0.681. The van der Waals surface area contributed by atoms with E-state index in [1.54, 1.807) is 24.5 Å². The summed E-state index contributed by atoms with van der Waals surface area (Å²) in [6.45, 7) is 5.57. The molecular formula is C19H22N2O4S. The monoisotopic (exact) mass is 374 g/mol. The van der Waals surface area contributed by atoms with Crippen LogP contribution in [0.5, 0.6) is 0 Å². The highest BCUT2D eigenvalue weighted by molar-refractivity contribution is 7.89. The van der Waals surface area contributed by atoms with Crippen LogP contribution in [0.4, 0.5) is 0 Å². The molecule has 6 nitrogen and oxygen atoms in total. The van der Waals surface area contributed by atoms with Crippen LogP contribution in [0.2, 0.25) is 0 Å². The molecule has 0 saturated heterocycles. The fourth-order valence-electron chi connectivity index (χ4n) is 2.85. The number of nitrogens with zero attached hydrogens (tertiary/aromatic N) is 1. The molecule has 1 atom stereocenters. The molecule has 1 N–H and O–H groups in total. The SMILES string of the molecule is CCc1ccc(-c2cc(C)no2)cc1S(=O)(=O)N[C@H](C)Cc1ccco1. The second-order valence-corrected chi connectivity index (χ2v) is 8.00. The van der Waals surface area contributed by atoms with E-state index in [9.17, 15) is 8.42 Å². The van der Waals surface area contributed by atoms with Gasteiger partial charge in [0.15, 0.2) is 5.76 Å². The van der Waals surface area contributed by atoms with E-state index in [2.05, 4.69) is 9.88 Å². The lowest BCUT2D eigenvalue weighted by Gasteiger charge is -2.16. The van der Waals surface area contributed by atoms with Crippen molar-refractivity contribution in [1.29, 1.82) is 0 Å². The fourth-order valence-corrected chi connectivity index (χ4v) is 4.43. The molecule has 0 amide bonds. The maximum atomic E-state index is 13.0. The van der Waals surface area contributed by atoms with Crippen molar-refractivity contribution in [3.05, 3.63) is 59.7 Å². The maximum absolute atomic E-state index is 13.0. The van der Waals surface area contributed by atoms with Crippen LogP contribution in [0.1, 0.15) is 30.9 Å². The standard InChI is InChI=1S/C19H22N2O4S/c1-4-15-7-8-16(18-11-13(2)20-25-18)12-19(15)26(22,23)21-14(3)10-17-6-5-9-24-17/h5-9,11-12,14,21H,4,10H2,1-3H3/t14-/m1/s1. The van der Waals surface area contributed by atoms with Crippen LogP contribution < -0.4 is 4.72 Å². The van der Waals surface area contributed by atoms with Crippen molar-refractivity contribution < 1.29 is 17.4 Å². The average molecular weight is 374 g/mol. The summed E-state index contributed by atoms with van der Waals surface area (Å²) in [6, 6.07) is 10.4. The summed E-state index contributed by atoms with van der Waals surface area (Å²) in [5.74, 6) is 1.28. The highest BCUT2D eigenvalue weighted by Crippen LogP contribution is 2.26. The summed E-state index contributed by atoms with van der Waals surface area (Å²) in [4.78, 5) is 0.262. The zero-order chi connectivity index (χ0) is 18.7. The Morgan fingerprint density at radius 1 is 1.23 bits per heavy atom. The Kier molecular flexibility index (Phi) is 5.29. The second kappa shape index (κ2) is 7.47. The van der Waals surface area contributed by atoms with Crippen LogP contribution in [0, 0.1) is 6.92 Å². The van der Waals surface area contributed by atoms with Crippen LogP contribution in [-0.2, 0) is 22.9 Å². The van der Waals surface area contributed by atoms with Crippen LogP contribution >= 0.6 is 0 Å². The number of nitrogens with one attached hydrogen (secondary N) is 1. The van der Waals surface area contributed by atoms with Gasteiger partial charge in [0, 0.05) is 24.1 Å². The Balaban J connectivity index is 1.89. The molecule has 26 heavy (non-hydrogen) atoms. The predicted molar refractivity (Wildman–Crippen MR) is 98.2 cm³/mol. The molecule has 0 aliphatic heterocycles. The summed E-state index contributed by atoms with van der Waals surface area (Å²) < 4.78 is 39.2. The van der Waals surface area contributed by atoms with Gasteiger partial charge in [-0.2, -0.15) is 0 Å². The first-order chi connectivity index (χ1) is 12.4. The first kappa shape index (κ1) is 18.4. The van der Waals surface area contributed by atoms with E-state index in [1.807, 2.05) is 39.0 Å². The topological polar surface area (TPSA) is 85.3 Å². The van der Waals surface area contributed by atoms with Crippen LogP contribution in [0.25, 0.3) is 11.3 Å². The van der Waals surface area contributed by atoms with Crippen molar-refractivity contribution in [2.75, 3.05) is 0 Å².